The number of ether oxygens (including phenoxy) is 1. The second-order valence-corrected chi connectivity index (χ2v) is 8.72. The number of rotatable bonds is 4. The van der Waals surface area contributed by atoms with Crippen LogP contribution in [0.4, 0.5) is 5.69 Å². The fraction of sp³-hybridized carbons (Fsp3) is 0.500. The van der Waals surface area contributed by atoms with Crippen LogP contribution in [-0.4, -0.2) is 41.0 Å². The maximum Gasteiger partial charge on any atom is 0.223 e. The maximum absolute atomic E-state index is 12.9. The summed E-state index contributed by atoms with van der Waals surface area (Å²) in [5.74, 6) is 1.30. The minimum Gasteiger partial charge on any atom is -0.493 e. The highest BCUT2D eigenvalue weighted by Crippen LogP contribution is 2.37. The Labute approximate surface area is 175 Å². The number of pyridine rings is 2. The van der Waals surface area contributed by atoms with Crippen LogP contribution in [0.5, 0.6) is 5.75 Å². The van der Waals surface area contributed by atoms with Crippen LogP contribution in [0, 0.1) is 12.8 Å². The van der Waals surface area contributed by atoms with Crippen LogP contribution >= 0.6 is 11.6 Å². The number of methoxy groups -OCH3 is 1. The molecule has 0 atom stereocenters. The first-order valence-electron chi connectivity index (χ1n) is 10.3. The maximum atomic E-state index is 12.9. The van der Waals surface area contributed by atoms with Crippen LogP contribution in [0.25, 0.3) is 0 Å². The molecule has 2 aromatic rings. The molecule has 5 rings (SSSR count). The molecule has 1 aliphatic carbocycles. The van der Waals surface area contributed by atoms with Gasteiger partial charge in [-0.15, -0.1) is 0 Å². The van der Waals surface area contributed by atoms with Gasteiger partial charge in [-0.05, 0) is 42.9 Å². The molecule has 1 amide bonds. The van der Waals surface area contributed by atoms with Crippen molar-refractivity contribution in [3.8, 4) is 5.75 Å². The van der Waals surface area contributed by atoms with Crippen LogP contribution in [0.1, 0.15) is 40.9 Å². The fourth-order valence-corrected chi connectivity index (χ4v) is 5.14. The molecule has 0 unspecified atom stereocenters. The van der Waals surface area contributed by atoms with E-state index < -0.39 is 0 Å². The summed E-state index contributed by atoms with van der Waals surface area (Å²) in [7, 11) is 1.63. The molecule has 0 radical (unpaired) electrons. The molecular formula is C22H25ClN4O2. The number of carbonyl (C=O) groups excluding carboxylic acids is 1. The van der Waals surface area contributed by atoms with Gasteiger partial charge in [-0.25, -0.2) is 4.98 Å². The van der Waals surface area contributed by atoms with Gasteiger partial charge in [0, 0.05) is 43.7 Å². The number of aromatic nitrogens is 2. The van der Waals surface area contributed by atoms with Crippen LogP contribution in [-0.2, 0) is 30.7 Å². The van der Waals surface area contributed by atoms with E-state index in [-0.39, 0.29) is 5.91 Å². The monoisotopic (exact) mass is 412 g/mol. The first-order chi connectivity index (χ1) is 14.0. The minimum absolute atomic E-state index is 0.233. The van der Waals surface area contributed by atoms with Gasteiger partial charge in [-0.3, -0.25) is 9.78 Å². The van der Waals surface area contributed by atoms with E-state index >= 15 is 0 Å². The van der Waals surface area contributed by atoms with E-state index in [2.05, 4.69) is 16.8 Å². The van der Waals surface area contributed by atoms with E-state index in [9.17, 15) is 4.79 Å². The van der Waals surface area contributed by atoms with E-state index in [1.807, 2.05) is 11.0 Å². The van der Waals surface area contributed by atoms with Gasteiger partial charge in [0.25, 0.3) is 0 Å². The molecule has 4 heterocycles. The van der Waals surface area contributed by atoms with Crippen molar-refractivity contribution in [3.63, 3.8) is 0 Å². The quantitative estimate of drug-likeness (QED) is 0.721. The lowest BCUT2D eigenvalue weighted by molar-refractivity contribution is -0.133. The summed E-state index contributed by atoms with van der Waals surface area (Å²) < 4.78 is 5.39. The summed E-state index contributed by atoms with van der Waals surface area (Å²) in [5.41, 5.74) is 7.44. The molecule has 1 saturated heterocycles. The largest absolute Gasteiger partial charge is 0.493 e. The molecule has 7 heteroatoms. The summed E-state index contributed by atoms with van der Waals surface area (Å²) in [6.07, 6.45) is 5.70. The highest BCUT2D eigenvalue weighted by atomic mass is 35.5. The fourth-order valence-electron chi connectivity index (χ4n) is 4.99. The molecule has 0 N–H and O–H groups in total. The van der Waals surface area contributed by atoms with Crippen LogP contribution in [0.15, 0.2) is 12.3 Å². The van der Waals surface area contributed by atoms with Crippen molar-refractivity contribution in [3.05, 3.63) is 45.5 Å². The lowest BCUT2D eigenvalue weighted by Gasteiger charge is -2.41. The summed E-state index contributed by atoms with van der Waals surface area (Å²) in [6.45, 7) is 5.16. The number of nitrogens with zero attached hydrogens (tertiary/aromatic N) is 4. The van der Waals surface area contributed by atoms with Crippen LogP contribution in [0.3, 0.4) is 0 Å². The number of halogens is 1. The number of fused-ring (bicyclic) bond motifs is 3. The third-order valence-corrected chi connectivity index (χ3v) is 6.71. The van der Waals surface area contributed by atoms with Gasteiger partial charge in [0.1, 0.15) is 5.15 Å². The van der Waals surface area contributed by atoms with Crippen molar-refractivity contribution in [2.75, 3.05) is 25.1 Å². The first-order valence-corrected chi connectivity index (χ1v) is 10.6. The molecule has 0 aromatic carbocycles. The van der Waals surface area contributed by atoms with Gasteiger partial charge in [0.2, 0.25) is 5.91 Å². The molecule has 2 aliphatic heterocycles. The number of carbonyl (C=O) groups is 1. The number of amides is 1. The number of hydrogen-bond donors (Lipinski definition) is 0. The third kappa shape index (κ3) is 3.23. The van der Waals surface area contributed by atoms with E-state index in [4.69, 9.17) is 21.3 Å². The molecule has 1 fully saturated rings. The smallest absolute Gasteiger partial charge is 0.223 e. The van der Waals surface area contributed by atoms with Crippen molar-refractivity contribution < 1.29 is 9.53 Å². The lowest BCUT2D eigenvalue weighted by atomic mass is 9.95. The molecular weight excluding hydrogens is 388 g/mol. The van der Waals surface area contributed by atoms with Gasteiger partial charge in [0.05, 0.1) is 31.2 Å². The average molecular weight is 413 g/mol. The SMILES string of the molecule is COc1cnc(Cl)cc1N1CC(CC(=O)N2Cc3nc(C)c4c(c3C2)CCC4)C1. The van der Waals surface area contributed by atoms with Gasteiger partial charge in [-0.1, -0.05) is 11.6 Å². The van der Waals surface area contributed by atoms with Crippen molar-refractivity contribution in [1.82, 2.24) is 14.9 Å². The standard InChI is InChI=1S/C22H25ClN4O2/c1-13-15-4-3-5-16(15)17-11-27(12-18(17)25-13)22(28)6-14-9-26(10-14)19-7-21(23)24-8-20(19)29-2/h7-8,14H,3-6,9-12H2,1-2H3. The van der Waals surface area contributed by atoms with Crippen molar-refractivity contribution in [2.45, 2.75) is 45.7 Å². The van der Waals surface area contributed by atoms with Crippen molar-refractivity contribution in [2.24, 2.45) is 5.92 Å². The predicted octanol–water partition coefficient (Wildman–Crippen LogP) is 3.30. The van der Waals surface area contributed by atoms with E-state index in [1.54, 1.807) is 13.3 Å². The summed E-state index contributed by atoms with van der Waals surface area (Å²) in [4.78, 5) is 26.0. The van der Waals surface area contributed by atoms with Gasteiger partial charge in [0.15, 0.2) is 5.75 Å². The molecule has 6 nitrogen and oxygen atoms in total. The topological polar surface area (TPSA) is 58.6 Å². The molecule has 0 spiro atoms. The number of anilines is 1. The highest BCUT2D eigenvalue weighted by Gasteiger charge is 2.35. The average Bonchev–Trinajstić information content (AvgIpc) is 3.31. The Morgan fingerprint density at radius 2 is 2.03 bits per heavy atom. The first kappa shape index (κ1) is 18.7. The Bertz CT molecular complexity index is 987. The normalized spacial score (nSPS) is 17.9. The molecule has 2 aromatic heterocycles. The second kappa shape index (κ2) is 7.17. The van der Waals surface area contributed by atoms with Crippen LogP contribution < -0.4 is 9.64 Å². The Morgan fingerprint density at radius 1 is 1.24 bits per heavy atom. The molecule has 0 saturated carbocycles. The second-order valence-electron chi connectivity index (χ2n) is 8.34. The van der Waals surface area contributed by atoms with Crippen LogP contribution in [0.2, 0.25) is 5.15 Å². The number of aryl methyl sites for hydroxylation is 1. The zero-order valence-corrected chi connectivity index (χ0v) is 17.6. The highest BCUT2D eigenvalue weighted by molar-refractivity contribution is 6.29. The Hall–Kier alpha value is -2.34. The lowest BCUT2D eigenvalue weighted by Crippen LogP contribution is -2.48. The Balaban J connectivity index is 1.22. The summed E-state index contributed by atoms with van der Waals surface area (Å²) >= 11 is 6.04. The van der Waals surface area contributed by atoms with Gasteiger partial charge >= 0.3 is 0 Å². The number of hydrogen-bond acceptors (Lipinski definition) is 5. The molecule has 29 heavy (non-hydrogen) atoms. The van der Waals surface area contributed by atoms with Crippen molar-refractivity contribution >= 4 is 23.2 Å². The van der Waals surface area contributed by atoms with E-state index in [0.29, 0.717) is 29.8 Å². The van der Waals surface area contributed by atoms with Gasteiger partial charge in [-0.2, -0.15) is 0 Å². The summed E-state index contributed by atoms with van der Waals surface area (Å²) in [6, 6.07) is 1.82. The third-order valence-electron chi connectivity index (χ3n) is 6.51. The molecule has 0 bridgehead atoms. The predicted molar refractivity (Wildman–Crippen MR) is 111 cm³/mol. The Kier molecular flexibility index (Phi) is 4.62. The minimum atomic E-state index is 0.233. The molecule has 3 aliphatic rings. The Morgan fingerprint density at radius 3 is 2.83 bits per heavy atom. The van der Waals surface area contributed by atoms with Gasteiger partial charge < -0.3 is 14.5 Å². The van der Waals surface area contributed by atoms with E-state index in [1.165, 1.54) is 23.1 Å². The molecule has 152 valence electrons. The van der Waals surface area contributed by atoms with Crippen molar-refractivity contribution in [1.29, 1.82) is 0 Å². The summed E-state index contributed by atoms with van der Waals surface area (Å²) in [5, 5.41) is 0.450. The zero-order chi connectivity index (χ0) is 20.1. The zero-order valence-electron chi connectivity index (χ0n) is 16.9. The van der Waals surface area contributed by atoms with E-state index in [0.717, 1.165) is 49.6 Å².